The summed E-state index contributed by atoms with van der Waals surface area (Å²) in [5.41, 5.74) is -0.214. The quantitative estimate of drug-likeness (QED) is 0.846. The molecule has 1 aliphatic heterocycles. The number of nitrogens with zero attached hydrogens (tertiary/aromatic N) is 1. The molecular weight excluding hydrogens is 267 g/mol. The van der Waals surface area contributed by atoms with Crippen LogP contribution < -0.4 is 5.32 Å². The molecule has 1 atom stereocenters. The van der Waals surface area contributed by atoms with Crippen LogP contribution in [-0.2, 0) is 5.60 Å². The highest BCUT2D eigenvalue weighted by molar-refractivity contribution is 5.22. The lowest BCUT2D eigenvalue weighted by atomic mass is 9.95. The fourth-order valence-corrected chi connectivity index (χ4v) is 2.93. The molecule has 118 valence electrons. The predicted octanol–water partition coefficient (Wildman–Crippen LogP) is 2.50. The molecule has 1 saturated heterocycles. The largest absolute Gasteiger partial charge is 0.384 e. The van der Waals surface area contributed by atoms with Crippen LogP contribution in [0.15, 0.2) is 24.3 Å². The molecule has 1 aromatic carbocycles. The zero-order valence-corrected chi connectivity index (χ0v) is 13.1. The van der Waals surface area contributed by atoms with Crippen molar-refractivity contribution in [2.75, 3.05) is 26.2 Å². The van der Waals surface area contributed by atoms with Gasteiger partial charge in [-0.05, 0) is 63.5 Å². The maximum Gasteiger partial charge on any atom is 0.123 e. The number of rotatable bonds is 6. The molecule has 2 rings (SSSR count). The Morgan fingerprint density at radius 1 is 1.29 bits per heavy atom. The molecule has 21 heavy (non-hydrogen) atoms. The summed E-state index contributed by atoms with van der Waals surface area (Å²) in [6.45, 7) is 7.93. The maximum atomic E-state index is 12.9. The third-order valence-corrected chi connectivity index (χ3v) is 4.33. The summed E-state index contributed by atoms with van der Waals surface area (Å²) >= 11 is 0. The van der Waals surface area contributed by atoms with Crippen LogP contribution in [0.1, 0.15) is 38.7 Å². The van der Waals surface area contributed by atoms with E-state index in [0.717, 1.165) is 31.5 Å². The van der Waals surface area contributed by atoms with Gasteiger partial charge in [-0.2, -0.15) is 0 Å². The van der Waals surface area contributed by atoms with Crippen LogP contribution in [0.25, 0.3) is 0 Å². The van der Waals surface area contributed by atoms with Crippen molar-refractivity contribution in [2.24, 2.45) is 0 Å². The van der Waals surface area contributed by atoms with Gasteiger partial charge in [-0.3, -0.25) is 0 Å². The van der Waals surface area contributed by atoms with Gasteiger partial charge in [0.15, 0.2) is 0 Å². The van der Waals surface area contributed by atoms with E-state index in [2.05, 4.69) is 17.1 Å². The summed E-state index contributed by atoms with van der Waals surface area (Å²) in [6, 6.07) is 6.56. The molecule has 0 amide bonds. The first-order valence-corrected chi connectivity index (χ1v) is 7.95. The summed E-state index contributed by atoms with van der Waals surface area (Å²) in [4.78, 5) is 2.50. The average Bonchev–Trinajstić information content (AvgIpc) is 2.47. The van der Waals surface area contributed by atoms with Crippen molar-refractivity contribution in [3.8, 4) is 0 Å². The highest BCUT2D eigenvalue weighted by atomic mass is 19.1. The lowest BCUT2D eigenvalue weighted by Crippen LogP contribution is -2.46. The highest BCUT2D eigenvalue weighted by Crippen LogP contribution is 2.21. The first-order chi connectivity index (χ1) is 10.0. The number of hydrogen-bond acceptors (Lipinski definition) is 3. The van der Waals surface area contributed by atoms with E-state index in [1.165, 1.54) is 25.1 Å². The molecule has 0 radical (unpaired) electrons. The molecule has 0 aliphatic carbocycles. The number of hydrogen-bond donors (Lipinski definition) is 2. The van der Waals surface area contributed by atoms with E-state index in [9.17, 15) is 9.50 Å². The standard InChI is InChI=1S/C17H27FN2O/c1-3-10-20-11-8-16(9-12-20)19-13-17(2,21)14-4-6-15(18)7-5-14/h4-7,16,19,21H,3,8-13H2,1-2H3. The number of halogens is 1. The van der Waals surface area contributed by atoms with Crippen LogP contribution in [0.5, 0.6) is 0 Å². The first-order valence-electron chi connectivity index (χ1n) is 7.95. The van der Waals surface area contributed by atoms with Crippen molar-refractivity contribution in [3.05, 3.63) is 35.6 Å². The van der Waals surface area contributed by atoms with Crippen LogP contribution >= 0.6 is 0 Å². The zero-order valence-electron chi connectivity index (χ0n) is 13.1. The van der Waals surface area contributed by atoms with Gasteiger partial charge in [0.2, 0.25) is 0 Å². The summed E-state index contributed by atoms with van der Waals surface area (Å²) in [7, 11) is 0. The van der Waals surface area contributed by atoms with Crippen molar-refractivity contribution < 1.29 is 9.50 Å². The molecule has 4 heteroatoms. The Hall–Kier alpha value is -0.970. The van der Waals surface area contributed by atoms with Crippen LogP contribution in [0, 0.1) is 5.82 Å². The normalized spacial score (nSPS) is 20.4. The Labute approximate surface area is 127 Å². The van der Waals surface area contributed by atoms with Gasteiger partial charge in [0, 0.05) is 12.6 Å². The molecule has 1 fully saturated rings. The number of benzene rings is 1. The van der Waals surface area contributed by atoms with E-state index in [0.29, 0.717) is 12.6 Å². The van der Waals surface area contributed by atoms with Gasteiger partial charge in [-0.15, -0.1) is 0 Å². The molecule has 1 aromatic rings. The van der Waals surface area contributed by atoms with Gasteiger partial charge in [0.05, 0.1) is 5.60 Å². The average molecular weight is 294 g/mol. The topological polar surface area (TPSA) is 35.5 Å². The van der Waals surface area contributed by atoms with Gasteiger partial charge in [0.1, 0.15) is 5.82 Å². The van der Waals surface area contributed by atoms with E-state index >= 15 is 0 Å². The van der Waals surface area contributed by atoms with Crippen molar-refractivity contribution in [2.45, 2.75) is 44.8 Å². The van der Waals surface area contributed by atoms with Gasteiger partial charge in [0.25, 0.3) is 0 Å². The van der Waals surface area contributed by atoms with Crippen LogP contribution in [0.2, 0.25) is 0 Å². The smallest absolute Gasteiger partial charge is 0.123 e. The summed E-state index contributed by atoms with van der Waals surface area (Å²) < 4.78 is 12.9. The molecule has 0 spiro atoms. The summed E-state index contributed by atoms with van der Waals surface area (Å²) in [5.74, 6) is -0.272. The molecule has 3 nitrogen and oxygen atoms in total. The zero-order chi connectivity index (χ0) is 15.3. The minimum atomic E-state index is -0.964. The van der Waals surface area contributed by atoms with Crippen molar-refractivity contribution >= 4 is 0 Å². The van der Waals surface area contributed by atoms with E-state index in [1.54, 1.807) is 19.1 Å². The third-order valence-electron chi connectivity index (χ3n) is 4.33. The van der Waals surface area contributed by atoms with Gasteiger partial charge >= 0.3 is 0 Å². The predicted molar refractivity (Wildman–Crippen MR) is 83.7 cm³/mol. The van der Waals surface area contributed by atoms with E-state index in [4.69, 9.17) is 0 Å². The Kier molecular flexibility index (Phi) is 5.73. The molecule has 1 heterocycles. The second-order valence-electron chi connectivity index (χ2n) is 6.28. The molecular formula is C17H27FN2O. The second kappa shape index (κ2) is 7.34. The monoisotopic (exact) mass is 294 g/mol. The van der Waals surface area contributed by atoms with Crippen LogP contribution in [-0.4, -0.2) is 42.2 Å². The molecule has 2 N–H and O–H groups in total. The fourth-order valence-electron chi connectivity index (χ4n) is 2.93. The Morgan fingerprint density at radius 2 is 1.90 bits per heavy atom. The minimum Gasteiger partial charge on any atom is -0.384 e. The van der Waals surface area contributed by atoms with Crippen molar-refractivity contribution in [3.63, 3.8) is 0 Å². The number of aliphatic hydroxyl groups is 1. The van der Waals surface area contributed by atoms with E-state index < -0.39 is 5.60 Å². The summed E-state index contributed by atoms with van der Waals surface area (Å²) in [5, 5.41) is 14.0. The first kappa shape index (κ1) is 16.4. The fraction of sp³-hybridized carbons (Fsp3) is 0.647. The van der Waals surface area contributed by atoms with E-state index in [-0.39, 0.29) is 5.82 Å². The lowest BCUT2D eigenvalue weighted by Gasteiger charge is -2.34. The van der Waals surface area contributed by atoms with Gasteiger partial charge in [-0.25, -0.2) is 4.39 Å². The molecule has 1 aliphatic rings. The Morgan fingerprint density at radius 3 is 2.48 bits per heavy atom. The van der Waals surface area contributed by atoms with Crippen LogP contribution in [0.4, 0.5) is 4.39 Å². The highest BCUT2D eigenvalue weighted by Gasteiger charge is 2.25. The maximum absolute atomic E-state index is 12.9. The van der Waals surface area contributed by atoms with Gasteiger partial charge in [-0.1, -0.05) is 19.1 Å². The summed E-state index contributed by atoms with van der Waals surface area (Å²) in [6.07, 6.45) is 3.45. The van der Waals surface area contributed by atoms with Crippen LogP contribution in [0.3, 0.4) is 0 Å². The lowest BCUT2D eigenvalue weighted by molar-refractivity contribution is 0.0501. The SMILES string of the molecule is CCCN1CCC(NCC(C)(O)c2ccc(F)cc2)CC1. The molecule has 0 aromatic heterocycles. The second-order valence-corrected chi connectivity index (χ2v) is 6.28. The number of nitrogens with one attached hydrogen (secondary N) is 1. The Balaban J connectivity index is 1.81. The van der Waals surface area contributed by atoms with E-state index in [1.807, 2.05) is 0 Å². The molecule has 0 bridgehead atoms. The number of piperidine rings is 1. The molecule has 0 saturated carbocycles. The molecule has 1 unspecified atom stereocenters. The van der Waals surface area contributed by atoms with Gasteiger partial charge < -0.3 is 15.3 Å². The van der Waals surface area contributed by atoms with Crippen molar-refractivity contribution in [1.29, 1.82) is 0 Å². The van der Waals surface area contributed by atoms with Crippen molar-refractivity contribution in [1.82, 2.24) is 10.2 Å². The minimum absolute atomic E-state index is 0.272. The third kappa shape index (κ3) is 4.77. The Bertz CT molecular complexity index is 425. The number of likely N-dealkylation sites (tertiary alicyclic amines) is 1.